The zero-order valence-corrected chi connectivity index (χ0v) is 15.8. The molecule has 27 heavy (non-hydrogen) atoms. The lowest BCUT2D eigenvalue weighted by Gasteiger charge is -2.36. The Labute approximate surface area is 157 Å². The molecule has 0 saturated carbocycles. The molecule has 7 nitrogen and oxygen atoms in total. The standard InChI is InChI=1S/C20H23N3O4/c1-11-9-20(26-17(11)24)13-6-5-7-14-16(13)12(8-15(20)21)10-23(14)22-18(25)27-19(2,3)4/h5-7,9-10,15H,8,21H2,1-4H3,(H,22,25)/t15-,20-/m0/s1. The van der Waals surface area contributed by atoms with Gasteiger partial charge in [-0.15, -0.1) is 0 Å². The molecule has 2 heterocycles. The average Bonchev–Trinajstić information content (AvgIpc) is 3.04. The summed E-state index contributed by atoms with van der Waals surface area (Å²) in [5, 5.41) is 0.939. The molecule has 1 aliphatic carbocycles. The van der Waals surface area contributed by atoms with Crippen LogP contribution in [0.25, 0.3) is 10.9 Å². The van der Waals surface area contributed by atoms with Crippen molar-refractivity contribution in [2.24, 2.45) is 5.73 Å². The lowest BCUT2D eigenvalue weighted by Crippen LogP contribution is -2.48. The number of aromatic nitrogens is 1. The largest absolute Gasteiger partial charge is 0.445 e. The Kier molecular flexibility index (Phi) is 3.65. The van der Waals surface area contributed by atoms with Gasteiger partial charge in [0.05, 0.1) is 11.6 Å². The molecule has 0 radical (unpaired) electrons. The molecule has 1 aromatic carbocycles. The van der Waals surface area contributed by atoms with Crippen LogP contribution in [0.5, 0.6) is 0 Å². The highest BCUT2D eigenvalue weighted by Crippen LogP contribution is 2.46. The molecular formula is C20H23N3O4. The molecule has 142 valence electrons. The number of ether oxygens (including phenoxy) is 2. The summed E-state index contributed by atoms with van der Waals surface area (Å²) in [5.74, 6) is -0.350. The van der Waals surface area contributed by atoms with E-state index in [1.54, 1.807) is 11.6 Å². The molecule has 2 aliphatic rings. The number of nitrogens with one attached hydrogen (secondary N) is 1. The van der Waals surface area contributed by atoms with Gasteiger partial charge in [-0.2, -0.15) is 0 Å². The van der Waals surface area contributed by atoms with Crippen LogP contribution in [0.4, 0.5) is 4.79 Å². The number of esters is 1. The third-order valence-corrected chi connectivity index (χ3v) is 4.94. The average molecular weight is 369 g/mol. The zero-order valence-electron chi connectivity index (χ0n) is 15.8. The van der Waals surface area contributed by atoms with E-state index < -0.39 is 23.3 Å². The first kappa shape index (κ1) is 17.6. The van der Waals surface area contributed by atoms with Gasteiger partial charge in [0.1, 0.15) is 5.60 Å². The minimum Gasteiger partial charge on any atom is -0.445 e. The summed E-state index contributed by atoms with van der Waals surface area (Å²) in [6.45, 7) is 7.16. The Balaban J connectivity index is 1.81. The number of carbonyl (C=O) groups excluding carboxylic acids is 2. The van der Waals surface area contributed by atoms with Crippen LogP contribution in [-0.2, 0) is 26.3 Å². The van der Waals surface area contributed by atoms with Gasteiger partial charge in [-0.3, -0.25) is 4.68 Å². The Morgan fingerprint density at radius 2 is 2.15 bits per heavy atom. The smallest absolute Gasteiger partial charge is 0.426 e. The lowest BCUT2D eigenvalue weighted by atomic mass is 9.76. The maximum absolute atomic E-state index is 12.2. The van der Waals surface area contributed by atoms with E-state index in [2.05, 4.69) is 5.43 Å². The second kappa shape index (κ2) is 5.60. The van der Waals surface area contributed by atoms with E-state index in [1.807, 2.05) is 51.2 Å². The molecular weight excluding hydrogens is 346 g/mol. The molecule has 2 aromatic rings. The van der Waals surface area contributed by atoms with Crippen molar-refractivity contribution in [1.29, 1.82) is 0 Å². The monoisotopic (exact) mass is 369 g/mol. The second-order valence-corrected chi connectivity index (χ2v) is 8.16. The Hall–Kier alpha value is -2.80. The summed E-state index contributed by atoms with van der Waals surface area (Å²) in [4.78, 5) is 24.3. The highest BCUT2D eigenvalue weighted by molar-refractivity contribution is 5.96. The molecule has 1 aromatic heterocycles. The highest BCUT2D eigenvalue weighted by atomic mass is 16.6. The third kappa shape index (κ3) is 2.70. The van der Waals surface area contributed by atoms with E-state index >= 15 is 0 Å². The van der Waals surface area contributed by atoms with E-state index in [0.29, 0.717) is 12.0 Å². The SMILES string of the molecule is CC1=C[C@]2(OC1=O)c1cccc3c1c(cn3NC(=O)OC(C)(C)C)C[C@@H]2N. The van der Waals surface area contributed by atoms with Gasteiger partial charge in [-0.1, -0.05) is 12.1 Å². The van der Waals surface area contributed by atoms with E-state index in [1.165, 1.54) is 0 Å². The number of hydrogen-bond acceptors (Lipinski definition) is 5. The van der Waals surface area contributed by atoms with Crippen molar-refractivity contribution < 1.29 is 19.1 Å². The number of rotatable bonds is 1. The normalized spacial score (nSPS) is 24.1. The maximum Gasteiger partial charge on any atom is 0.426 e. The van der Waals surface area contributed by atoms with Gasteiger partial charge in [0, 0.05) is 22.7 Å². The Morgan fingerprint density at radius 1 is 1.41 bits per heavy atom. The van der Waals surface area contributed by atoms with Crippen LogP contribution in [0.1, 0.15) is 38.8 Å². The molecule has 2 atom stereocenters. The van der Waals surface area contributed by atoms with Crippen LogP contribution in [0.15, 0.2) is 36.0 Å². The molecule has 0 saturated heterocycles. The number of fused-ring (bicyclic) bond motifs is 1. The first-order valence-corrected chi connectivity index (χ1v) is 8.92. The minimum atomic E-state index is -0.966. The highest BCUT2D eigenvalue weighted by Gasteiger charge is 2.49. The molecule has 7 heteroatoms. The quantitative estimate of drug-likeness (QED) is 0.754. The molecule has 0 bridgehead atoms. The van der Waals surface area contributed by atoms with E-state index in [-0.39, 0.29) is 5.97 Å². The van der Waals surface area contributed by atoms with Crippen molar-refractivity contribution >= 4 is 23.0 Å². The first-order valence-electron chi connectivity index (χ1n) is 8.92. The first-order chi connectivity index (χ1) is 12.6. The van der Waals surface area contributed by atoms with E-state index in [0.717, 1.165) is 22.0 Å². The van der Waals surface area contributed by atoms with Crippen LogP contribution in [-0.4, -0.2) is 28.4 Å². The molecule has 4 rings (SSSR count). The van der Waals surface area contributed by atoms with Crippen molar-refractivity contribution in [3.63, 3.8) is 0 Å². The molecule has 3 N–H and O–H groups in total. The van der Waals surface area contributed by atoms with Crippen molar-refractivity contribution in [3.8, 4) is 0 Å². The van der Waals surface area contributed by atoms with Gasteiger partial charge < -0.3 is 15.2 Å². The number of hydrogen-bond donors (Lipinski definition) is 2. The van der Waals surface area contributed by atoms with Crippen molar-refractivity contribution in [2.45, 2.75) is 51.4 Å². The van der Waals surface area contributed by atoms with Gasteiger partial charge in [0.25, 0.3) is 0 Å². The van der Waals surface area contributed by atoms with Crippen molar-refractivity contribution in [3.05, 3.63) is 47.2 Å². The number of nitrogens with two attached hydrogens (primary N) is 1. The van der Waals surface area contributed by atoms with Crippen LogP contribution in [0, 0.1) is 0 Å². The van der Waals surface area contributed by atoms with Crippen LogP contribution < -0.4 is 11.2 Å². The van der Waals surface area contributed by atoms with Crippen molar-refractivity contribution in [1.82, 2.24) is 4.68 Å². The fraction of sp³-hybridized carbons (Fsp3) is 0.400. The lowest BCUT2D eigenvalue weighted by molar-refractivity contribution is -0.149. The Bertz CT molecular complexity index is 999. The Morgan fingerprint density at radius 3 is 2.78 bits per heavy atom. The summed E-state index contributed by atoms with van der Waals surface area (Å²) in [6.07, 6.45) is 3.64. The van der Waals surface area contributed by atoms with Crippen molar-refractivity contribution in [2.75, 3.05) is 5.43 Å². The third-order valence-electron chi connectivity index (χ3n) is 4.94. The molecule has 0 unspecified atom stereocenters. The van der Waals surface area contributed by atoms with Gasteiger partial charge in [-0.05, 0) is 51.8 Å². The van der Waals surface area contributed by atoms with Gasteiger partial charge in [-0.25, -0.2) is 15.0 Å². The summed E-state index contributed by atoms with van der Waals surface area (Å²) < 4.78 is 12.7. The van der Waals surface area contributed by atoms with Gasteiger partial charge >= 0.3 is 12.1 Å². The number of carbonyl (C=O) groups is 2. The minimum absolute atomic E-state index is 0.350. The topological polar surface area (TPSA) is 95.6 Å². The molecule has 1 aliphatic heterocycles. The molecule has 0 fully saturated rings. The fourth-order valence-electron chi connectivity index (χ4n) is 3.89. The van der Waals surface area contributed by atoms with Gasteiger partial charge in [0.15, 0.2) is 5.60 Å². The fourth-order valence-corrected chi connectivity index (χ4v) is 3.89. The zero-order chi connectivity index (χ0) is 19.6. The predicted molar refractivity (Wildman–Crippen MR) is 101 cm³/mol. The number of amides is 1. The van der Waals surface area contributed by atoms with Crippen LogP contribution >= 0.6 is 0 Å². The second-order valence-electron chi connectivity index (χ2n) is 8.16. The number of nitrogens with zero attached hydrogens (tertiary/aromatic N) is 1. The molecule has 1 spiro atoms. The van der Waals surface area contributed by atoms with Crippen LogP contribution in [0.2, 0.25) is 0 Å². The predicted octanol–water partition coefficient (Wildman–Crippen LogP) is 2.70. The summed E-state index contributed by atoms with van der Waals surface area (Å²) >= 11 is 0. The summed E-state index contributed by atoms with van der Waals surface area (Å²) in [6, 6.07) is 5.28. The summed E-state index contributed by atoms with van der Waals surface area (Å²) in [5.41, 5.74) is 10.8. The number of benzene rings is 1. The molecule has 1 amide bonds. The maximum atomic E-state index is 12.2. The van der Waals surface area contributed by atoms with E-state index in [9.17, 15) is 9.59 Å². The summed E-state index contributed by atoms with van der Waals surface area (Å²) in [7, 11) is 0. The van der Waals surface area contributed by atoms with E-state index in [4.69, 9.17) is 15.2 Å². The van der Waals surface area contributed by atoms with Crippen LogP contribution in [0.3, 0.4) is 0 Å². The van der Waals surface area contributed by atoms with Gasteiger partial charge in [0.2, 0.25) is 0 Å².